The molecular weight excluding hydrogens is 302 g/mol. The van der Waals surface area contributed by atoms with Crippen LogP contribution in [0.4, 0.5) is 13.2 Å². The molecule has 7 heteroatoms. The summed E-state index contributed by atoms with van der Waals surface area (Å²) in [6, 6.07) is 2.85. The fourth-order valence-corrected chi connectivity index (χ4v) is 1.73. The topological polar surface area (TPSA) is 46.2 Å². The molecule has 0 radical (unpaired) electrons. The summed E-state index contributed by atoms with van der Waals surface area (Å²) in [5.41, 5.74) is 4.55. The molecule has 0 bridgehead atoms. The first-order valence-electron chi connectivity index (χ1n) is 5.32. The van der Waals surface area contributed by atoms with Crippen molar-refractivity contribution in [2.24, 2.45) is 11.1 Å². The van der Waals surface area contributed by atoms with E-state index in [1.165, 1.54) is 12.1 Å². The monoisotopic (exact) mass is 317 g/mol. The van der Waals surface area contributed by atoms with Gasteiger partial charge in [-0.25, -0.2) is 0 Å². The molecular formula is C12H16Cl2F3NO. The van der Waals surface area contributed by atoms with E-state index in [1.807, 2.05) is 0 Å². The summed E-state index contributed by atoms with van der Waals surface area (Å²) >= 11 is 5.52. The molecule has 0 saturated carbocycles. The van der Waals surface area contributed by atoms with Crippen molar-refractivity contribution in [3.8, 4) is 0 Å². The van der Waals surface area contributed by atoms with Gasteiger partial charge < -0.3 is 10.8 Å². The third kappa shape index (κ3) is 4.24. The molecule has 0 aliphatic carbocycles. The van der Waals surface area contributed by atoms with Crippen LogP contribution in [0.3, 0.4) is 0 Å². The lowest BCUT2D eigenvalue weighted by Gasteiger charge is -2.30. The Morgan fingerprint density at radius 3 is 2.26 bits per heavy atom. The third-order valence-electron chi connectivity index (χ3n) is 2.90. The summed E-state index contributed by atoms with van der Waals surface area (Å²) in [5.74, 6) is 0. The number of nitrogens with two attached hydrogens (primary N) is 1. The average Bonchev–Trinajstić information content (AvgIpc) is 2.27. The van der Waals surface area contributed by atoms with Gasteiger partial charge in [-0.1, -0.05) is 31.5 Å². The number of hydrogen-bond acceptors (Lipinski definition) is 2. The maximum atomic E-state index is 12.7. The molecule has 0 unspecified atom stereocenters. The van der Waals surface area contributed by atoms with E-state index in [-0.39, 0.29) is 24.0 Å². The zero-order valence-electron chi connectivity index (χ0n) is 10.5. The lowest BCUT2D eigenvalue weighted by molar-refractivity contribution is -0.137. The Kier molecular flexibility index (Phi) is 6.14. The van der Waals surface area contributed by atoms with E-state index >= 15 is 0 Å². The van der Waals surface area contributed by atoms with E-state index in [0.717, 1.165) is 6.07 Å². The van der Waals surface area contributed by atoms with Crippen LogP contribution in [0.15, 0.2) is 18.2 Å². The smallest absolute Gasteiger partial charge is 0.396 e. The zero-order chi connectivity index (χ0) is 14.1. The second-order valence-electron chi connectivity index (χ2n) is 4.86. The van der Waals surface area contributed by atoms with E-state index < -0.39 is 23.2 Å². The fraction of sp³-hybridized carbons (Fsp3) is 0.500. The molecule has 110 valence electrons. The van der Waals surface area contributed by atoms with Crippen molar-refractivity contribution < 1.29 is 18.3 Å². The van der Waals surface area contributed by atoms with Crippen molar-refractivity contribution in [1.29, 1.82) is 0 Å². The number of alkyl halides is 3. The minimum absolute atomic E-state index is 0. The summed E-state index contributed by atoms with van der Waals surface area (Å²) in [4.78, 5) is 0. The van der Waals surface area contributed by atoms with Crippen molar-refractivity contribution in [3.05, 3.63) is 34.3 Å². The molecule has 19 heavy (non-hydrogen) atoms. The summed E-state index contributed by atoms with van der Waals surface area (Å²) in [7, 11) is 0. The van der Waals surface area contributed by atoms with Crippen molar-refractivity contribution in [2.45, 2.75) is 26.1 Å². The van der Waals surface area contributed by atoms with Crippen LogP contribution in [0.2, 0.25) is 5.02 Å². The van der Waals surface area contributed by atoms with Gasteiger partial charge >= 0.3 is 6.18 Å². The van der Waals surface area contributed by atoms with Crippen molar-refractivity contribution >= 4 is 24.0 Å². The molecule has 0 spiro atoms. The van der Waals surface area contributed by atoms with Crippen LogP contribution in [0.25, 0.3) is 0 Å². The molecule has 1 rings (SSSR count). The second kappa shape index (κ2) is 6.31. The van der Waals surface area contributed by atoms with Crippen molar-refractivity contribution in [3.63, 3.8) is 0 Å². The van der Waals surface area contributed by atoms with Crippen LogP contribution < -0.4 is 5.73 Å². The number of rotatable bonds is 3. The highest BCUT2D eigenvalue weighted by atomic mass is 35.5. The maximum Gasteiger partial charge on any atom is 0.417 e. The van der Waals surface area contributed by atoms with Crippen molar-refractivity contribution in [1.82, 2.24) is 0 Å². The molecule has 1 aromatic rings. The molecule has 0 fully saturated rings. The maximum absolute atomic E-state index is 12.7. The Morgan fingerprint density at radius 1 is 1.32 bits per heavy atom. The Morgan fingerprint density at radius 2 is 1.84 bits per heavy atom. The number of hydrogen-bond donors (Lipinski definition) is 2. The van der Waals surface area contributed by atoms with Gasteiger partial charge in [0.15, 0.2) is 0 Å². The number of aliphatic hydroxyl groups is 1. The number of benzene rings is 1. The van der Waals surface area contributed by atoms with E-state index in [0.29, 0.717) is 5.56 Å². The van der Waals surface area contributed by atoms with Gasteiger partial charge in [-0.15, -0.1) is 12.4 Å². The summed E-state index contributed by atoms with van der Waals surface area (Å²) in [6.45, 7) is 3.14. The largest absolute Gasteiger partial charge is 0.417 e. The van der Waals surface area contributed by atoms with Gasteiger partial charge in [0, 0.05) is 18.1 Å². The normalized spacial score (nSPS) is 13.9. The molecule has 0 saturated heterocycles. The molecule has 1 aromatic carbocycles. The molecule has 0 aliphatic heterocycles. The zero-order valence-corrected chi connectivity index (χ0v) is 12.0. The molecule has 2 nitrogen and oxygen atoms in total. The van der Waals surface area contributed by atoms with Gasteiger partial charge in [0.1, 0.15) is 0 Å². The standard InChI is InChI=1S/C12H15ClF3NO.ClH/c1-11(2,6-18)10(17)7-3-4-9(13)8(5-7)12(14,15)16;/h3-5,10,18H,6,17H2,1-2H3;1H/t10-;/m1./s1. The SMILES string of the molecule is CC(C)(CO)[C@H](N)c1ccc(Cl)c(C(F)(F)F)c1.Cl. The second-order valence-corrected chi connectivity index (χ2v) is 5.27. The summed E-state index contributed by atoms with van der Waals surface area (Å²) < 4.78 is 38.1. The predicted molar refractivity (Wildman–Crippen MR) is 71.5 cm³/mol. The Hall–Kier alpha value is -0.490. The molecule has 0 heterocycles. The lowest BCUT2D eigenvalue weighted by atomic mass is 9.81. The van der Waals surface area contributed by atoms with Gasteiger partial charge in [0.05, 0.1) is 10.6 Å². The number of aliphatic hydroxyl groups excluding tert-OH is 1. The van der Waals surface area contributed by atoms with Crippen LogP contribution in [-0.4, -0.2) is 11.7 Å². The van der Waals surface area contributed by atoms with Crippen LogP contribution in [0.1, 0.15) is 31.0 Å². The van der Waals surface area contributed by atoms with Gasteiger partial charge in [0.2, 0.25) is 0 Å². The van der Waals surface area contributed by atoms with Gasteiger partial charge in [0.25, 0.3) is 0 Å². The third-order valence-corrected chi connectivity index (χ3v) is 3.23. The van der Waals surface area contributed by atoms with E-state index in [4.69, 9.17) is 17.3 Å². The van der Waals surface area contributed by atoms with E-state index in [1.54, 1.807) is 13.8 Å². The van der Waals surface area contributed by atoms with E-state index in [9.17, 15) is 18.3 Å². The van der Waals surface area contributed by atoms with Crippen molar-refractivity contribution in [2.75, 3.05) is 6.61 Å². The fourth-order valence-electron chi connectivity index (χ4n) is 1.50. The average molecular weight is 318 g/mol. The minimum Gasteiger partial charge on any atom is -0.396 e. The van der Waals surface area contributed by atoms with Crippen LogP contribution in [-0.2, 0) is 6.18 Å². The Balaban J connectivity index is 0.00000324. The highest BCUT2D eigenvalue weighted by molar-refractivity contribution is 6.31. The molecule has 0 amide bonds. The van der Waals surface area contributed by atoms with E-state index in [2.05, 4.69) is 0 Å². The highest BCUT2D eigenvalue weighted by Gasteiger charge is 2.35. The number of halogens is 5. The Bertz CT molecular complexity index is 435. The van der Waals surface area contributed by atoms with Crippen LogP contribution in [0.5, 0.6) is 0 Å². The molecule has 3 N–H and O–H groups in total. The first-order valence-corrected chi connectivity index (χ1v) is 5.70. The van der Waals surface area contributed by atoms with Gasteiger partial charge in [-0.3, -0.25) is 0 Å². The minimum atomic E-state index is -4.52. The molecule has 0 aliphatic rings. The molecule has 1 atom stereocenters. The van der Waals surface area contributed by atoms with Gasteiger partial charge in [-0.2, -0.15) is 13.2 Å². The Labute approximate surface area is 121 Å². The first kappa shape index (κ1) is 18.5. The first-order chi connectivity index (χ1) is 8.09. The highest BCUT2D eigenvalue weighted by Crippen LogP contribution is 2.38. The van der Waals surface area contributed by atoms with Crippen LogP contribution in [0, 0.1) is 5.41 Å². The van der Waals surface area contributed by atoms with Gasteiger partial charge in [-0.05, 0) is 17.7 Å². The quantitative estimate of drug-likeness (QED) is 0.890. The predicted octanol–water partition coefficient (Wildman–Crippen LogP) is 3.80. The summed E-state index contributed by atoms with van der Waals surface area (Å²) in [5, 5.41) is 8.82. The summed E-state index contributed by atoms with van der Waals surface area (Å²) in [6.07, 6.45) is -4.52. The molecule has 0 aromatic heterocycles. The van der Waals surface area contributed by atoms with Crippen LogP contribution >= 0.6 is 24.0 Å². The lowest BCUT2D eigenvalue weighted by Crippen LogP contribution is -2.32.